The largest absolute Gasteiger partial charge is 0.0616 e. The fourth-order valence-corrected chi connectivity index (χ4v) is 4.38. The van der Waals surface area contributed by atoms with Crippen LogP contribution in [0.15, 0.2) is 127 Å². The topological polar surface area (TPSA) is 0 Å². The first-order chi connectivity index (χ1) is 17.7. The first kappa shape index (κ1) is 25.2. The zero-order chi connectivity index (χ0) is 25.2. The Labute approximate surface area is 216 Å². The molecule has 0 saturated carbocycles. The van der Waals surface area contributed by atoms with Gasteiger partial charge in [0.25, 0.3) is 0 Å². The Kier molecular flexibility index (Phi) is 8.89. The van der Waals surface area contributed by atoms with E-state index in [9.17, 15) is 0 Å². The van der Waals surface area contributed by atoms with Crippen LogP contribution in [0.4, 0.5) is 0 Å². The summed E-state index contributed by atoms with van der Waals surface area (Å²) < 4.78 is 0. The van der Waals surface area contributed by atoms with Gasteiger partial charge in [-0.2, -0.15) is 0 Å². The van der Waals surface area contributed by atoms with Crippen molar-refractivity contribution in [3.8, 4) is 0 Å². The minimum atomic E-state index is 1.12. The molecule has 0 aliphatic carbocycles. The maximum Gasteiger partial charge on any atom is -0.0181 e. The molecule has 0 heteroatoms. The molecule has 0 amide bonds. The first-order valence-electron chi connectivity index (χ1n) is 13.1. The Balaban J connectivity index is 0.000000127. The predicted molar refractivity (Wildman–Crippen MR) is 160 cm³/mol. The molecule has 0 aliphatic rings. The number of benzene rings is 6. The van der Waals surface area contributed by atoms with Gasteiger partial charge in [-0.1, -0.05) is 148 Å². The number of hydrogen-bond acceptors (Lipinski definition) is 0. The van der Waals surface area contributed by atoms with Crippen molar-refractivity contribution in [1.29, 1.82) is 0 Å². The first-order valence-corrected chi connectivity index (χ1v) is 13.1. The fourth-order valence-electron chi connectivity index (χ4n) is 4.38. The van der Waals surface area contributed by atoms with E-state index in [0.29, 0.717) is 0 Å². The summed E-state index contributed by atoms with van der Waals surface area (Å²) in [6.07, 6.45) is 3.35. The molecule has 0 nitrogen and oxygen atoms in total. The van der Waals surface area contributed by atoms with Crippen molar-refractivity contribution in [2.45, 2.75) is 40.0 Å². The van der Waals surface area contributed by atoms with Crippen molar-refractivity contribution < 1.29 is 0 Å². The lowest BCUT2D eigenvalue weighted by Gasteiger charge is -1.99. The van der Waals surface area contributed by atoms with Crippen LogP contribution >= 0.6 is 0 Å². The summed E-state index contributed by atoms with van der Waals surface area (Å²) in [5.41, 5.74) is 4.23. The zero-order valence-corrected chi connectivity index (χ0v) is 21.7. The van der Waals surface area contributed by atoms with Gasteiger partial charge in [0.15, 0.2) is 0 Å². The van der Waals surface area contributed by atoms with E-state index < -0.39 is 0 Å². The maximum atomic E-state index is 2.26. The monoisotopic (exact) mass is 468 g/mol. The molecule has 0 radical (unpaired) electrons. The maximum absolute atomic E-state index is 2.26. The van der Waals surface area contributed by atoms with Crippen LogP contribution in [-0.2, 0) is 19.3 Å². The van der Waals surface area contributed by atoms with Crippen LogP contribution in [0.3, 0.4) is 0 Å². The molecule has 180 valence electrons. The van der Waals surface area contributed by atoms with Gasteiger partial charge in [0, 0.05) is 0 Å². The quantitative estimate of drug-likeness (QED) is 0.242. The molecule has 0 bridgehead atoms. The van der Waals surface area contributed by atoms with Crippen LogP contribution in [0.25, 0.3) is 32.3 Å². The summed E-state index contributed by atoms with van der Waals surface area (Å²) in [7, 11) is 0. The van der Waals surface area contributed by atoms with Crippen molar-refractivity contribution in [3.05, 3.63) is 144 Å². The highest BCUT2D eigenvalue weighted by atomic mass is 14.0. The van der Waals surface area contributed by atoms with E-state index in [2.05, 4.69) is 148 Å². The van der Waals surface area contributed by atoms with Crippen LogP contribution in [0.2, 0.25) is 0 Å². The minimum absolute atomic E-state index is 1.12. The molecular formula is C36H36. The van der Waals surface area contributed by atoms with Gasteiger partial charge in [-0.25, -0.2) is 0 Å². The number of rotatable bonds is 3. The summed E-state index contributed by atoms with van der Waals surface area (Å²) in [4.78, 5) is 0. The van der Waals surface area contributed by atoms with E-state index in [4.69, 9.17) is 0 Å². The molecule has 0 N–H and O–H groups in total. The molecule has 0 heterocycles. The standard InChI is InChI=1S/3C12H12/c3*1-2-10-7-8-11-5-3-4-6-12(11)9-10/h3*3-9H,2H2,1H3. The van der Waals surface area contributed by atoms with Gasteiger partial charge in [-0.15, -0.1) is 0 Å². The number of aryl methyl sites for hydroxylation is 3. The summed E-state index contributed by atoms with van der Waals surface area (Å²) >= 11 is 0. The molecule has 0 saturated heterocycles. The third kappa shape index (κ3) is 6.61. The van der Waals surface area contributed by atoms with Crippen LogP contribution in [0, 0.1) is 0 Å². The highest BCUT2D eigenvalue weighted by molar-refractivity contribution is 5.84. The fraction of sp³-hybridized carbons (Fsp3) is 0.167. The SMILES string of the molecule is CCc1ccc2ccccc2c1.CCc1ccc2ccccc2c1.CCc1ccc2ccccc2c1. The van der Waals surface area contributed by atoms with Gasteiger partial charge in [-0.3, -0.25) is 0 Å². The number of hydrogen-bond donors (Lipinski definition) is 0. The zero-order valence-electron chi connectivity index (χ0n) is 21.7. The molecule has 36 heavy (non-hydrogen) atoms. The van der Waals surface area contributed by atoms with Crippen molar-refractivity contribution in [2.75, 3.05) is 0 Å². The van der Waals surface area contributed by atoms with Crippen molar-refractivity contribution in [3.63, 3.8) is 0 Å². The summed E-state index contributed by atoms with van der Waals surface area (Å²) in [5, 5.41) is 8.02. The van der Waals surface area contributed by atoms with Gasteiger partial charge in [0.2, 0.25) is 0 Å². The highest BCUT2D eigenvalue weighted by Crippen LogP contribution is 2.17. The summed E-state index contributed by atoms with van der Waals surface area (Å²) in [6, 6.07) is 45.3. The van der Waals surface area contributed by atoms with Crippen molar-refractivity contribution in [1.82, 2.24) is 0 Å². The van der Waals surface area contributed by atoms with E-state index in [0.717, 1.165) is 19.3 Å². The van der Waals surface area contributed by atoms with Gasteiger partial charge >= 0.3 is 0 Å². The molecule has 0 atom stereocenters. The summed E-state index contributed by atoms with van der Waals surface area (Å²) in [6.45, 7) is 6.55. The second kappa shape index (κ2) is 12.7. The Hall–Kier alpha value is -3.90. The summed E-state index contributed by atoms with van der Waals surface area (Å²) in [5.74, 6) is 0. The molecule has 0 unspecified atom stereocenters. The second-order valence-corrected chi connectivity index (χ2v) is 9.11. The molecule has 0 spiro atoms. The second-order valence-electron chi connectivity index (χ2n) is 9.11. The van der Waals surface area contributed by atoms with Crippen LogP contribution in [0.1, 0.15) is 37.5 Å². The average Bonchev–Trinajstić information content (AvgIpc) is 2.97. The van der Waals surface area contributed by atoms with E-state index in [1.54, 1.807) is 0 Å². The van der Waals surface area contributed by atoms with Gasteiger partial charge in [0.05, 0.1) is 0 Å². The molecule has 6 rings (SSSR count). The van der Waals surface area contributed by atoms with E-state index >= 15 is 0 Å². The smallest absolute Gasteiger partial charge is 0.0181 e. The van der Waals surface area contributed by atoms with Crippen molar-refractivity contribution >= 4 is 32.3 Å². The molecule has 0 aromatic heterocycles. The lowest BCUT2D eigenvalue weighted by molar-refractivity contribution is 1.15. The predicted octanol–water partition coefficient (Wildman–Crippen LogP) is 10.2. The molecule has 0 fully saturated rings. The molecular weight excluding hydrogens is 432 g/mol. The average molecular weight is 469 g/mol. The van der Waals surface area contributed by atoms with Crippen LogP contribution < -0.4 is 0 Å². The van der Waals surface area contributed by atoms with E-state index in [1.807, 2.05) is 0 Å². The lowest BCUT2D eigenvalue weighted by Crippen LogP contribution is -1.79. The van der Waals surface area contributed by atoms with Gasteiger partial charge in [0.1, 0.15) is 0 Å². The minimum Gasteiger partial charge on any atom is -0.0616 e. The van der Waals surface area contributed by atoms with Crippen LogP contribution in [-0.4, -0.2) is 0 Å². The Morgan fingerprint density at radius 2 is 0.556 bits per heavy atom. The lowest BCUT2D eigenvalue weighted by atomic mass is 10.1. The molecule has 6 aromatic rings. The Morgan fingerprint density at radius 3 is 0.806 bits per heavy atom. The third-order valence-corrected chi connectivity index (χ3v) is 6.67. The molecule has 0 aliphatic heterocycles. The Morgan fingerprint density at radius 1 is 0.306 bits per heavy atom. The third-order valence-electron chi connectivity index (χ3n) is 6.67. The highest BCUT2D eigenvalue weighted by Gasteiger charge is 1.94. The molecule has 6 aromatic carbocycles. The van der Waals surface area contributed by atoms with Gasteiger partial charge < -0.3 is 0 Å². The van der Waals surface area contributed by atoms with E-state index in [-0.39, 0.29) is 0 Å². The van der Waals surface area contributed by atoms with Gasteiger partial charge in [-0.05, 0) is 68.3 Å². The normalized spacial score (nSPS) is 10.4. The van der Waals surface area contributed by atoms with Crippen molar-refractivity contribution in [2.24, 2.45) is 0 Å². The van der Waals surface area contributed by atoms with E-state index in [1.165, 1.54) is 49.0 Å². The number of fused-ring (bicyclic) bond motifs is 3. The van der Waals surface area contributed by atoms with Crippen LogP contribution in [0.5, 0.6) is 0 Å². The Bertz CT molecular complexity index is 1350.